The number of aromatic amines is 1. The number of pyridine rings is 1. The lowest BCUT2D eigenvalue weighted by molar-refractivity contribution is -0.119. The Balaban J connectivity index is 1.69. The summed E-state index contributed by atoms with van der Waals surface area (Å²) in [5.74, 6) is -0.606. The number of fused-ring (bicyclic) bond motifs is 1. The van der Waals surface area contributed by atoms with E-state index in [1.54, 1.807) is 0 Å². The highest BCUT2D eigenvalue weighted by Crippen LogP contribution is 2.19. The van der Waals surface area contributed by atoms with E-state index in [-0.39, 0.29) is 17.1 Å². The van der Waals surface area contributed by atoms with Crippen molar-refractivity contribution in [2.24, 2.45) is 0 Å². The van der Waals surface area contributed by atoms with Crippen LogP contribution in [0.3, 0.4) is 0 Å². The molecular formula is C16H16N4O3S. The molecule has 0 spiro atoms. The van der Waals surface area contributed by atoms with E-state index < -0.39 is 15.9 Å². The van der Waals surface area contributed by atoms with Crippen molar-refractivity contribution in [1.82, 2.24) is 14.7 Å². The first-order valence-electron chi connectivity index (χ1n) is 7.28. The lowest BCUT2D eigenvalue weighted by Gasteiger charge is -2.07. The van der Waals surface area contributed by atoms with Gasteiger partial charge < -0.3 is 10.7 Å². The van der Waals surface area contributed by atoms with Gasteiger partial charge in [0.25, 0.3) is 10.0 Å². The molecular weight excluding hydrogens is 328 g/mol. The van der Waals surface area contributed by atoms with Crippen LogP contribution in [0.15, 0.2) is 53.8 Å². The number of hydrogen-bond acceptors (Lipinski definition) is 5. The van der Waals surface area contributed by atoms with Crippen molar-refractivity contribution in [1.29, 1.82) is 0 Å². The molecule has 1 aromatic carbocycles. The van der Waals surface area contributed by atoms with Gasteiger partial charge in [-0.05, 0) is 30.2 Å². The summed E-state index contributed by atoms with van der Waals surface area (Å²) in [5, 5.41) is 0.674. The number of aryl methyl sites for hydroxylation is 1. The summed E-state index contributed by atoms with van der Waals surface area (Å²) in [6.45, 7) is 0. The summed E-state index contributed by atoms with van der Waals surface area (Å²) in [7, 11) is -4.07. The predicted octanol–water partition coefficient (Wildman–Crippen LogP) is 1.58. The standard InChI is InChI=1S/C16H16N4O3S/c17-13-5-3-9-18-16(13)24(22,23)20-15(21)8-7-11-10-19-14-6-2-1-4-12(11)14/h1-6,9-10,19H,7-8,17H2,(H,20,21). The third-order valence-electron chi connectivity index (χ3n) is 3.60. The van der Waals surface area contributed by atoms with E-state index in [9.17, 15) is 13.2 Å². The molecule has 8 heteroatoms. The molecule has 0 aliphatic carbocycles. The molecule has 0 atom stereocenters. The predicted molar refractivity (Wildman–Crippen MR) is 90.6 cm³/mol. The zero-order valence-electron chi connectivity index (χ0n) is 12.7. The van der Waals surface area contributed by atoms with Gasteiger partial charge in [0.05, 0.1) is 5.69 Å². The molecule has 4 N–H and O–H groups in total. The Morgan fingerprint density at radius 1 is 1.21 bits per heavy atom. The number of sulfonamides is 1. The van der Waals surface area contributed by atoms with Crippen LogP contribution in [-0.4, -0.2) is 24.3 Å². The molecule has 0 unspecified atom stereocenters. The van der Waals surface area contributed by atoms with Crippen LogP contribution < -0.4 is 10.5 Å². The Morgan fingerprint density at radius 3 is 2.79 bits per heavy atom. The number of nitrogens with two attached hydrogens (primary N) is 1. The molecule has 0 bridgehead atoms. The molecule has 3 aromatic rings. The molecule has 0 fully saturated rings. The first-order chi connectivity index (χ1) is 11.5. The maximum atomic E-state index is 12.2. The molecule has 124 valence electrons. The van der Waals surface area contributed by atoms with Crippen molar-refractivity contribution in [2.45, 2.75) is 17.9 Å². The van der Waals surface area contributed by atoms with E-state index in [4.69, 9.17) is 5.73 Å². The molecule has 3 rings (SSSR count). The number of H-pyrrole nitrogens is 1. The van der Waals surface area contributed by atoms with Crippen molar-refractivity contribution in [3.05, 3.63) is 54.4 Å². The molecule has 24 heavy (non-hydrogen) atoms. The quantitative estimate of drug-likeness (QED) is 0.649. The maximum absolute atomic E-state index is 12.2. The minimum absolute atomic E-state index is 0.00516. The van der Waals surface area contributed by atoms with Gasteiger partial charge in [0, 0.05) is 29.7 Å². The number of para-hydroxylation sites is 1. The van der Waals surface area contributed by atoms with Gasteiger partial charge in [-0.3, -0.25) is 4.79 Å². The van der Waals surface area contributed by atoms with Crippen LogP contribution in [0.1, 0.15) is 12.0 Å². The van der Waals surface area contributed by atoms with E-state index in [2.05, 4.69) is 9.97 Å². The largest absolute Gasteiger partial charge is 0.396 e. The molecule has 2 heterocycles. The molecule has 0 radical (unpaired) electrons. The zero-order valence-corrected chi connectivity index (χ0v) is 13.5. The summed E-state index contributed by atoms with van der Waals surface area (Å²) < 4.78 is 26.3. The van der Waals surface area contributed by atoms with E-state index in [0.717, 1.165) is 16.5 Å². The van der Waals surface area contributed by atoms with Crippen molar-refractivity contribution >= 4 is 32.5 Å². The number of nitrogens with one attached hydrogen (secondary N) is 2. The van der Waals surface area contributed by atoms with E-state index in [0.29, 0.717) is 6.42 Å². The molecule has 0 saturated heterocycles. The number of carbonyl (C=O) groups is 1. The number of nitrogens with zero attached hydrogens (tertiary/aromatic N) is 1. The monoisotopic (exact) mass is 344 g/mol. The third kappa shape index (κ3) is 3.23. The minimum Gasteiger partial charge on any atom is -0.396 e. The lowest BCUT2D eigenvalue weighted by Crippen LogP contribution is -2.31. The average molecular weight is 344 g/mol. The summed E-state index contributed by atoms with van der Waals surface area (Å²) in [6.07, 6.45) is 3.58. The van der Waals surface area contributed by atoms with E-state index >= 15 is 0 Å². The fraction of sp³-hybridized carbons (Fsp3) is 0.125. The Labute approximate surface area is 139 Å². The van der Waals surface area contributed by atoms with Crippen LogP contribution in [-0.2, 0) is 21.2 Å². The van der Waals surface area contributed by atoms with Gasteiger partial charge in [0.15, 0.2) is 5.03 Å². The first kappa shape index (κ1) is 16.0. The number of aromatic nitrogens is 2. The second-order valence-corrected chi connectivity index (χ2v) is 6.88. The molecule has 2 aromatic heterocycles. The zero-order chi connectivity index (χ0) is 17.2. The summed E-state index contributed by atoms with van der Waals surface area (Å²) in [6, 6.07) is 10.6. The maximum Gasteiger partial charge on any atom is 0.283 e. The summed E-state index contributed by atoms with van der Waals surface area (Å²) in [5.41, 5.74) is 7.52. The first-order valence-corrected chi connectivity index (χ1v) is 8.77. The molecule has 0 aliphatic rings. The lowest BCUT2D eigenvalue weighted by atomic mass is 10.1. The smallest absolute Gasteiger partial charge is 0.283 e. The van der Waals surface area contributed by atoms with Gasteiger partial charge in [-0.1, -0.05) is 18.2 Å². The molecule has 7 nitrogen and oxygen atoms in total. The van der Waals surface area contributed by atoms with Crippen LogP contribution in [0.25, 0.3) is 10.9 Å². The molecule has 1 amide bonds. The van der Waals surface area contributed by atoms with Gasteiger partial charge in [0.2, 0.25) is 5.91 Å². The van der Waals surface area contributed by atoms with Crippen molar-refractivity contribution in [3.8, 4) is 0 Å². The topological polar surface area (TPSA) is 118 Å². The van der Waals surface area contributed by atoms with Gasteiger partial charge in [-0.2, -0.15) is 8.42 Å². The number of carbonyl (C=O) groups excluding carboxylic acids is 1. The van der Waals surface area contributed by atoms with Gasteiger partial charge >= 0.3 is 0 Å². The van der Waals surface area contributed by atoms with Crippen LogP contribution in [0.5, 0.6) is 0 Å². The number of anilines is 1. The van der Waals surface area contributed by atoms with Crippen LogP contribution in [0, 0.1) is 0 Å². The van der Waals surface area contributed by atoms with Crippen molar-refractivity contribution in [3.63, 3.8) is 0 Å². The molecule has 0 saturated carbocycles. The second kappa shape index (κ2) is 6.32. The Morgan fingerprint density at radius 2 is 2.00 bits per heavy atom. The summed E-state index contributed by atoms with van der Waals surface area (Å²) in [4.78, 5) is 18.8. The Bertz CT molecular complexity index is 995. The fourth-order valence-corrected chi connectivity index (χ4v) is 3.54. The third-order valence-corrected chi connectivity index (χ3v) is 4.95. The average Bonchev–Trinajstić information content (AvgIpc) is 2.96. The highest BCUT2D eigenvalue weighted by atomic mass is 32.2. The van der Waals surface area contributed by atoms with Gasteiger partial charge in [0.1, 0.15) is 0 Å². The fourth-order valence-electron chi connectivity index (χ4n) is 2.46. The number of amides is 1. The van der Waals surface area contributed by atoms with Crippen LogP contribution in [0.4, 0.5) is 5.69 Å². The normalized spacial score (nSPS) is 11.5. The Hall–Kier alpha value is -2.87. The number of nitrogen functional groups attached to an aromatic ring is 1. The molecule has 0 aliphatic heterocycles. The minimum atomic E-state index is -4.07. The highest BCUT2D eigenvalue weighted by Gasteiger charge is 2.21. The van der Waals surface area contributed by atoms with Gasteiger partial charge in [-0.25, -0.2) is 9.71 Å². The van der Waals surface area contributed by atoms with Crippen LogP contribution >= 0.6 is 0 Å². The van der Waals surface area contributed by atoms with E-state index in [1.165, 1.54) is 18.3 Å². The SMILES string of the molecule is Nc1cccnc1S(=O)(=O)NC(=O)CCc1c[nH]c2ccccc12. The van der Waals surface area contributed by atoms with Crippen molar-refractivity contribution in [2.75, 3.05) is 5.73 Å². The van der Waals surface area contributed by atoms with E-state index in [1.807, 2.05) is 35.2 Å². The van der Waals surface area contributed by atoms with Gasteiger partial charge in [-0.15, -0.1) is 0 Å². The number of rotatable bonds is 5. The highest BCUT2D eigenvalue weighted by molar-refractivity contribution is 7.90. The number of benzene rings is 1. The summed E-state index contributed by atoms with van der Waals surface area (Å²) >= 11 is 0. The van der Waals surface area contributed by atoms with Crippen LogP contribution in [0.2, 0.25) is 0 Å². The van der Waals surface area contributed by atoms with Crippen molar-refractivity contribution < 1.29 is 13.2 Å². The Kier molecular flexibility index (Phi) is 4.22. The number of hydrogen-bond donors (Lipinski definition) is 3. The second-order valence-electron chi connectivity index (χ2n) is 5.29.